The van der Waals surface area contributed by atoms with Crippen LogP contribution >= 0.6 is 0 Å². The van der Waals surface area contributed by atoms with Crippen molar-refractivity contribution in [2.45, 2.75) is 13.5 Å². The number of benzene rings is 1. The van der Waals surface area contributed by atoms with Crippen LogP contribution in [0.25, 0.3) is 0 Å². The molecule has 0 saturated heterocycles. The van der Waals surface area contributed by atoms with Gasteiger partial charge in [-0.3, -0.25) is 0 Å². The van der Waals surface area contributed by atoms with Crippen LogP contribution in [0.15, 0.2) is 18.2 Å². The summed E-state index contributed by atoms with van der Waals surface area (Å²) in [6, 6.07) is 5.49. The van der Waals surface area contributed by atoms with Gasteiger partial charge in [0.05, 0.1) is 7.05 Å². The Labute approximate surface area is 93.0 Å². The van der Waals surface area contributed by atoms with Gasteiger partial charge in [0.25, 0.3) is 0 Å². The molecule has 0 saturated carbocycles. The summed E-state index contributed by atoms with van der Waals surface area (Å²) in [6.07, 6.45) is 0. The minimum absolute atomic E-state index is 0.304. The summed E-state index contributed by atoms with van der Waals surface area (Å²) in [5, 5.41) is 11.6. The molecule has 6 nitrogen and oxygen atoms in total. The molecule has 0 aliphatic heterocycles. The Morgan fingerprint density at radius 3 is 2.88 bits per heavy atom. The first-order valence-corrected chi connectivity index (χ1v) is 4.87. The minimum Gasteiger partial charge on any atom is -0.485 e. The Bertz CT molecular complexity index is 494. The molecule has 2 rings (SSSR count). The number of rotatable bonds is 3. The van der Waals surface area contributed by atoms with E-state index in [-0.39, 0.29) is 0 Å². The molecule has 1 aromatic heterocycles. The first kappa shape index (κ1) is 10.4. The van der Waals surface area contributed by atoms with Gasteiger partial charge in [0.15, 0.2) is 6.61 Å². The summed E-state index contributed by atoms with van der Waals surface area (Å²) >= 11 is 0. The molecule has 0 bridgehead atoms. The first-order valence-electron chi connectivity index (χ1n) is 4.87. The zero-order valence-electron chi connectivity index (χ0n) is 9.21. The number of aryl methyl sites for hydroxylation is 2. The monoisotopic (exact) mass is 219 g/mol. The highest BCUT2D eigenvalue weighted by atomic mass is 16.5. The fraction of sp³-hybridized carbons (Fsp3) is 0.300. The van der Waals surface area contributed by atoms with Gasteiger partial charge in [0, 0.05) is 5.69 Å². The van der Waals surface area contributed by atoms with E-state index in [1.807, 2.05) is 19.1 Å². The predicted octanol–water partition coefficient (Wildman–Crippen LogP) is 0.680. The number of tetrazole rings is 1. The van der Waals surface area contributed by atoms with E-state index in [0.29, 0.717) is 12.4 Å². The standard InChI is InChI=1S/C10H13N5O/c1-7-5-8(11)3-4-9(7)16-6-10-12-14-15(2)13-10/h3-5H,6,11H2,1-2H3. The van der Waals surface area contributed by atoms with Gasteiger partial charge in [-0.2, -0.15) is 4.80 Å². The van der Waals surface area contributed by atoms with Crippen LogP contribution in [0.5, 0.6) is 5.75 Å². The highest BCUT2D eigenvalue weighted by Crippen LogP contribution is 2.20. The Morgan fingerprint density at radius 2 is 2.25 bits per heavy atom. The molecule has 2 aromatic rings. The maximum atomic E-state index is 5.64. The molecule has 6 heteroatoms. The third kappa shape index (κ3) is 2.28. The molecule has 0 atom stereocenters. The van der Waals surface area contributed by atoms with E-state index in [4.69, 9.17) is 10.5 Å². The van der Waals surface area contributed by atoms with Crippen LogP contribution in [0.2, 0.25) is 0 Å². The van der Waals surface area contributed by atoms with Crippen LogP contribution in [0, 0.1) is 6.92 Å². The van der Waals surface area contributed by atoms with Crippen LogP contribution in [0.1, 0.15) is 11.4 Å². The van der Waals surface area contributed by atoms with Gasteiger partial charge in [-0.15, -0.1) is 10.2 Å². The molecule has 0 unspecified atom stereocenters. The normalized spacial score (nSPS) is 10.4. The van der Waals surface area contributed by atoms with Crippen LogP contribution in [0.4, 0.5) is 5.69 Å². The lowest BCUT2D eigenvalue weighted by Gasteiger charge is -2.07. The zero-order chi connectivity index (χ0) is 11.5. The van der Waals surface area contributed by atoms with E-state index in [0.717, 1.165) is 17.0 Å². The van der Waals surface area contributed by atoms with Crippen molar-refractivity contribution in [3.05, 3.63) is 29.6 Å². The van der Waals surface area contributed by atoms with Gasteiger partial charge >= 0.3 is 0 Å². The van der Waals surface area contributed by atoms with E-state index >= 15 is 0 Å². The molecule has 1 aromatic carbocycles. The van der Waals surface area contributed by atoms with Crippen molar-refractivity contribution in [3.63, 3.8) is 0 Å². The molecule has 0 spiro atoms. The van der Waals surface area contributed by atoms with Crippen LogP contribution in [0.3, 0.4) is 0 Å². The Balaban J connectivity index is 2.04. The number of nitrogens with two attached hydrogens (primary N) is 1. The molecule has 0 fully saturated rings. The number of ether oxygens (including phenoxy) is 1. The minimum atomic E-state index is 0.304. The average Bonchev–Trinajstić information content (AvgIpc) is 2.63. The lowest BCUT2D eigenvalue weighted by Crippen LogP contribution is -2.00. The Hall–Kier alpha value is -2.11. The highest BCUT2D eigenvalue weighted by molar-refractivity contribution is 5.47. The van der Waals surface area contributed by atoms with E-state index < -0.39 is 0 Å². The van der Waals surface area contributed by atoms with Crippen molar-refractivity contribution in [2.24, 2.45) is 7.05 Å². The summed E-state index contributed by atoms with van der Waals surface area (Å²) in [4.78, 5) is 1.40. The molecule has 0 aliphatic carbocycles. The Kier molecular flexibility index (Phi) is 2.72. The quantitative estimate of drug-likeness (QED) is 0.768. The van der Waals surface area contributed by atoms with E-state index in [1.165, 1.54) is 4.80 Å². The molecule has 84 valence electrons. The second-order valence-electron chi connectivity index (χ2n) is 3.51. The van der Waals surface area contributed by atoms with Crippen molar-refractivity contribution >= 4 is 5.69 Å². The van der Waals surface area contributed by atoms with Gasteiger partial charge < -0.3 is 10.5 Å². The van der Waals surface area contributed by atoms with E-state index in [9.17, 15) is 0 Å². The second kappa shape index (κ2) is 4.18. The van der Waals surface area contributed by atoms with E-state index in [2.05, 4.69) is 15.4 Å². The van der Waals surface area contributed by atoms with Crippen molar-refractivity contribution in [2.75, 3.05) is 5.73 Å². The topological polar surface area (TPSA) is 78.9 Å². The fourth-order valence-corrected chi connectivity index (χ4v) is 1.36. The smallest absolute Gasteiger partial charge is 0.212 e. The molecule has 0 amide bonds. The number of nitrogens with zero attached hydrogens (tertiary/aromatic N) is 4. The van der Waals surface area contributed by atoms with Crippen LogP contribution in [-0.4, -0.2) is 20.2 Å². The largest absolute Gasteiger partial charge is 0.485 e. The SMILES string of the molecule is Cc1cc(N)ccc1OCc1nnn(C)n1. The maximum absolute atomic E-state index is 5.64. The number of nitrogen functional groups attached to an aromatic ring is 1. The van der Waals surface area contributed by atoms with Gasteiger partial charge in [-0.25, -0.2) is 0 Å². The molecule has 0 aliphatic rings. The third-order valence-electron chi connectivity index (χ3n) is 2.11. The van der Waals surface area contributed by atoms with E-state index in [1.54, 1.807) is 13.1 Å². The van der Waals surface area contributed by atoms with Gasteiger partial charge in [-0.05, 0) is 35.9 Å². The number of hydrogen-bond acceptors (Lipinski definition) is 5. The highest BCUT2D eigenvalue weighted by Gasteiger charge is 2.04. The summed E-state index contributed by atoms with van der Waals surface area (Å²) in [7, 11) is 1.71. The van der Waals surface area contributed by atoms with Gasteiger partial charge in [0.2, 0.25) is 5.82 Å². The summed E-state index contributed by atoms with van der Waals surface area (Å²) < 4.78 is 5.56. The van der Waals surface area contributed by atoms with Crippen LogP contribution < -0.4 is 10.5 Å². The third-order valence-corrected chi connectivity index (χ3v) is 2.11. The summed E-state index contributed by atoms with van der Waals surface area (Å²) in [6.45, 7) is 2.24. The van der Waals surface area contributed by atoms with Crippen molar-refractivity contribution in [1.82, 2.24) is 20.2 Å². The second-order valence-corrected chi connectivity index (χ2v) is 3.51. The van der Waals surface area contributed by atoms with Gasteiger partial charge in [-0.1, -0.05) is 0 Å². The first-order chi connectivity index (χ1) is 7.65. The lowest BCUT2D eigenvalue weighted by atomic mass is 10.2. The molecule has 2 N–H and O–H groups in total. The van der Waals surface area contributed by atoms with Gasteiger partial charge in [0.1, 0.15) is 5.75 Å². The summed E-state index contributed by atoms with van der Waals surface area (Å²) in [5.41, 5.74) is 7.36. The molecular weight excluding hydrogens is 206 g/mol. The predicted molar refractivity (Wildman–Crippen MR) is 58.7 cm³/mol. The molecule has 1 heterocycles. The number of anilines is 1. The molecule has 16 heavy (non-hydrogen) atoms. The van der Waals surface area contributed by atoms with Crippen molar-refractivity contribution in [1.29, 1.82) is 0 Å². The average molecular weight is 219 g/mol. The fourth-order valence-electron chi connectivity index (χ4n) is 1.36. The Morgan fingerprint density at radius 1 is 1.44 bits per heavy atom. The number of aromatic nitrogens is 4. The lowest BCUT2D eigenvalue weighted by molar-refractivity contribution is 0.293. The van der Waals surface area contributed by atoms with Crippen LogP contribution in [-0.2, 0) is 13.7 Å². The number of hydrogen-bond donors (Lipinski definition) is 1. The van der Waals surface area contributed by atoms with Crippen molar-refractivity contribution < 1.29 is 4.74 Å². The molecule has 0 radical (unpaired) electrons. The maximum Gasteiger partial charge on any atom is 0.212 e. The van der Waals surface area contributed by atoms with Crippen molar-refractivity contribution in [3.8, 4) is 5.75 Å². The summed E-state index contributed by atoms with van der Waals surface area (Å²) in [5.74, 6) is 1.33. The molecular formula is C10H13N5O. The zero-order valence-corrected chi connectivity index (χ0v) is 9.21.